The van der Waals surface area contributed by atoms with Gasteiger partial charge in [0.25, 0.3) is 0 Å². The summed E-state index contributed by atoms with van der Waals surface area (Å²) in [5.74, 6) is 5.36. The highest BCUT2D eigenvalue weighted by molar-refractivity contribution is 14.1. The maximum absolute atomic E-state index is 14.0. The third-order valence-corrected chi connectivity index (χ3v) is 4.94. The van der Waals surface area contributed by atoms with Crippen molar-refractivity contribution in [2.75, 3.05) is 0 Å². The van der Waals surface area contributed by atoms with Gasteiger partial charge in [0.1, 0.15) is 5.82 Å². The first kappa shape index (κ1) is 14.9. The Balaban J connectivity index is 2.56. The molecule has 2 aromatic rings. The summed E-state index contributed by atoms with van der Waals surface area (Å²) < 4.78 is 15.9. The summed E-state index contributed by atoms with van der Waals surface area (Å²) in [4.78, 5) is 0. The lowest BCUT2D eigenvalue weighted by molar-refractivity contribution is 0.558. The van der Waals surface area contributed by atoms with Crippen LogP contribution >= 0.6 is 38.5 Å². The lowest BCUT2D eigenvalue weighted by Gasteiger charge is -2.20. The fourth-order valence-electron chi connectivity index (χ4n) is 1.98. The molecule has 0 fully saturated rings. The average Bonchev–Trinajstić information content (AvgIpc) is 2.39. The van der Waals surface area contributed by atoms with E-state index in [4.69, 9.17) is 5.84 Å². The quantitative estimate of drug-likeness (QED) is 0.434. The summed E-state index contributed by atoms with van der Waals surface area (Å²) in [6.07, 6.45) is 0. The summed E-state index contributed by atoms with van der Waals surface area (Å²) in [5, 5.41) is 0. The van der Waals surface area contributed by atoms with Crippen molar-refractivity contribution in [1.82, 2.24) is 5.43 Å². The van der Waals surface area contributed by atoms with Gasteiger partial charge in [0.2, 0.25) is 0 Å². The van der Waals surface area contributed by atoms with Crippen LogP contribution in [0.4, 0.5) is 4.39 Å². The van der Waals surface area contributed by atoms with Crippen molar-refractivity contribution in [3.8, 4) is 0 Å². The molecule has 0 aromatic heterocycles. The van der Waals surface area contributed by atoms with Crippen LogP contribution in [0.25, 0.3) is 0 Å². The second-order valence-electron chi connectivity index (χ2n) is 4.24. The SMILES string of the molecule is Cc1cccc(C(NN)c2cc(Br)ccc2F)c1I. The Kier molecular flexibility index (Phi) is 4.94. The number of nitrogens with two attached hydrogens (primary N) is 1. The summed E-state index contributed by atoms with van der Waals surface area (Å²) in [5.41, 5.74) is 5.35. The highest BCUT2D eigenvalue weighted by atomic mass is 127. The zero-order valence-corrected chi connectivity index (χ0v) is 14.0. The van der Waals surface area contributed by atoms with Crippen LogP contribution in [0.1, 0.15) is 22.7 Å². The molecule has 0 aliphatic heterocycles. The Hall–Kier alpha value is -0.500. The first-order valence-corrected chi connectivity index (χ1v) is 7.58. The smallest absolute Gasteiger partial charge is 0.128 e. The Morgan fingerprint density at radius 1 is 1.26 bits per heavy atom. The van der Waals surface area contributed by atoms with E-state index >= 15 is 0 Å². The Labute approximate surface area is 133 Å². The molecule has 0 amide bonds. The van der Waals surface area contributed by atoms with Gasteiger partial charge in [-0.05, 0) is 58.8 Å². The molecular formula is C14H13BrFIN2. The molecule has 0 saturated heterocycles. The minimum Gasteiger partial charge on any atom is -0.271 e. The number of halogens is 3. The van der Waals surface area contributed by atoms with Crippen LogP contribution in [0.2, 0.25) is 0 Å². The van der Waals surface area contributed by atoms with E-state index in [-0.39, 0.29) is 11.9 Å². The predicted octanol–water partition coefficient (Wildman–Crippen LogP) is 4.05. The first-order chi connectivity index (χ1) is 9.04. The van der Waals surface area contributed by atoms with Gasteiger partial charge in [0.05, 0.1) is 6.04 Å². The molecule has 100 valence electrons. The van der Waals surface area contributed by atoms with E-state index in [9.17, 15) is 4.39 Å². The first-order valence-electron chi connectivity index (χ1n) is 5.70. The van der Waals surface area contributed by atoms with Gasteiger partial charge >= 0.3 is 0 Å². The summed E-state index contributed by atoms with van der Waals surface area (Å²) in [6, 6.07) is 10.4. The van der Waals surface area contributed by atoms with Crippen LogP contribution in [0, 0.1) is 16.3 Å². The van der Waals surface area contributed by atoms with Gasteiger partial charge in [-0.2, -0.15) is 0 Å². The Morgan fingerprint density at radius 2 is 2.00 bits per heavy atom. The number of hydrogen-bond acceptors (Lipinski definition) is 2. The van der Waals surface area contributed by atoms with E-state index < -0.39 is 0 Å². The Morgan fingerprint density at radius 3 is 2.68 bits per heavy atom. The van der Waals surface area contributed by atoms with E-state index in [1.807, 2.05) is 25.1 Å². The van der Waals surface area contributed by atoms with Crippen LogP contribution in [0.5, 0.6) is 0 Å². The minimum atomic E-state index is -0.371. The van der Waals surface area contributed by atoms with E-state index in [0.717, 1.165) is 19.2 Å². The molecule has 0 spiro atoms. The van der Waals surface area contributed by atoms with E-state index in [1.165, 1.54) is 6.07 Å². The van der Waals surface area contributed by atoms with E-state index in [0.29, 0.717) is 5.56 Å². The number of hydrazine groups is 1. The standard InChI is InChI=1S/C14H13BrFIN2/c1-8-3-2-4-10(13(8)17)14(19-18)11-7-9(15)5-6-12(11)16/h2-7,14,19H,18H2,1H3. The van der Waals surface area contributed by atoms with Crippen molar-refractivity contribution in [2.24, 2.45) is 5.84 Å². The summed E-state index contributed by atoms with van der Waals surface area (Å²) in [7, 11) is 0. The van der Waals surface area contributed by atoms with Crippen molar-refractivity contribution in [3.05, 3.63) is 66.9 Å². The molecule has 2 nitrogen and oxygen atoms in total. The van der Waals surface area contributed by atoms with Crippen molar-refractivity contribution >= 4 is 38.5 Å². The number of aryl methyl sites for hydroxylation is 1. The number of nitrogens with one attached hydrogen (secondary N) is 1. The molecule has 0 radical (unpaired) electrons. The molecule has 0 aliphatic carbocycles. The third-order valence-electron chi connectivity index (χ3n) is 2.97. The molecule has 1 atom stereocenters. The summed E-state index contributed by atoms with van der Waals surface area (Å²) in [6.45, 7) is 2.02. The van der Waals surface area contributed by atoms with Gasteiger partial charge < -0.3 is 0 Å². The van der Waals surface area contributed by atoms with E-state index in [2.05, 4.69) is 43.9 Å². The highest BCUT2D eigenvalue weighted by Gasteiger charge is 2.19. The number of hydrogen-bond donors (Lipinski definition) is 2. The molecule has 2 rings (SSSR count). The van der Waals surface area contributed by atoms with Crippen molar-refractivity contribution in [2.45, 2.75) is 13.0 Å². The fourth-order valence-corrected chi connectivity index (χ4v) is 3.03. The second kappa shape index (κ2) is 6.30. The van der Waals surface area contributed by atoms with Crippen LogP contribution < -0.4 is 11.3 Å². The third kappa shape index (κ3) is 3.16. The normalized spacial score (nSPS) is 12.5. The molecule has 0 bridgehead atoms. The molecule has 5 heteroatoms. The zero-order valence-electron chi connectivity index (χ0n) is 10.3. The van der Waals surface area contributed by atoms with Crippen molar-refractivity contribution < 1.29 is 4.39 Å². The molecule has 3 N–H and O–H groups in total. The molecule has 19 heavy (non-hydrogen) atoms. The fraction of sp³-hybridized carbons (Fsp3) is 0.143. The molecule has 0 aliphatic rings. The van der Waals surface area contributed by atoms with Gasteiger partial charge in [-0.1, -0.05) is 34.1 Å². The van der Waals surface area contributed by atoms with Gasteiger partial charge in [-0.15, -0.1) is 0 Å². The number of rotatable bonds is 3. The van der Waals surface area contributed by atoms with Crippen LogP contribution in [-0.2, 0) is 0 Å². The van der Waals surface area contributed by atoms with Crippen LogP contribution in [-0.4, -0.2) is 0 Å². The molecule has 2 aromatic carbocycles. The topological polar surface area (TPSA) is 38.0 Å². The second-order valence-corrected chi connectivity index (χ2v) is 6.24. The van der Waals surface area contributed by atoms with Gasteiger partial charge in [0.15, 0.2) is 0 Å². The maximum Gasteiger partial charge on any atom is 0.128 e. The van der Waals surface area contributed by atoms with Gasteiger partial charge in [-0.3, -0.25) is 5.84 Å². The van der Waals surface area contributed by atoms with E-state index in [1.54, 1.807) is 12.1 Å². The number of benzene rings is 2. The molecular weight excluding hydrogens is 422 g/mol. The van der Waals surface area contributed by atoms with Crippen LogP contribution in [0.3, 0.4) is 0 Å². The summed E-state index contributed by atoms with van der Waals surface area (Å²) >= 11 is 5.62. The lowest BCUT2D eigenvalue weighted by atomic mass is 9.97. The average molecular weight is 435 g/mol. The van der Waals surface area contributed by atoms with Crippen molar-refractivity contribution in [1.29, 1.82) is 0 Å². The monoisotopic (exact) mass is 434 g/mol. The van der Waals surface area contributed by atoms with Crippen LogP contribution in [0.15, 0.2) is 40.9 Å². The van der Waals surface area contributed by atoms with Crippen molar-refractivity contribution in [3.63, 3.8) is 0 Å². The molecule has 1 unspecified atom stereocenters. The largest absolute Gasteiger partial charge is 0.271 e. The molecule has 0 saturated carbocycles. The predicted molar refractivity (Wildman–Crippen MR) is 87.2 cm³/mol. The van der Waals surface area contributed by atoms with Gasteiger partial charge in [-0.25, -0.2) is 9.82 Å². The maximum atomic E-state index is 14.0. The minimum absolute atomic E-state index is 0.275. The lowest BCUT2D eigenvalue weighted by Crippen LogP contribution is -2.30. The zero-order chi connectivity index (χ0) is 14.0. The molecule has 0 heterocycles. The Bertz CT molecular complexity index is 602. The highest BCUT2D eigenvalue weighted by Crippen LogP contribution is 2.30. The van der Waals surface area contributed by atoms with Gasteiger partial charge in [0, 0.05) is 13.6 Å².